The van der Waals surface area contributed by atoms with Crippen molar-refractivity contribution in [3.63, 3.8) is 0 Å². The Morgan fingerprint density at radius 2 is 1.64 bits per heavy atom. The van der Waals surface area contributed by atoms with E-state index >= 15 is 0 Å². The molecule has 1 aromatic carbocycles. The molecule has 154 valence electrons. The van der Waals surface area contributed by atoms with Gasteiger partial charge in [-0.2, -0.15) is 0 Å². The normalized spacial score (nSPS) is 19.2. The number of piperazine rings is 1. The molecule has 0 aromatic heterocycles. The van der Waals surface area contributed by atoms with Crippen LogP contribution in [0.15, 0.2) is 29.2 Å². The maximum absolute atomic E-state index is 12.7. The van der Waals surface area contributed by atoms with Gasteiger partial charge in [0, 0.05) is 43.7 Å². The lowest BCUT2D eigenvalue weighted by atomic mass is 9.84. The van der Waals surface area contributed by atoms with Gasteiger partial charge in [0.15, 0.2) is 0 Å². The molecule has 1 N–H and O–H groups in total. The molecule has 0 radical (unpaired) electrons. The fourth-order valence-corrected chi connectivity index (χ4v) is 4.75. The number of carbonyl (C=O) groups excluding carboxylic acids is 2. The highest BCUT2D eigenvalue weighted by atomic mass is 32.2. The minimum atomic E-state index is -3.58. The van der Waals surface area contributed by atoms with Crippen LogP contribution in [0.2, 0.25) is 0 Å². The first kappa shape index (κ1) is 20.8. The minimum absolute atomic E-state index is 0.130. The first-order valence-electron chi connectivity index (χ1n) is 10.0. The van der Waals surface area contributed by atoms with Crippen molar-refractivity contribution in [2.75, 3.05) is 26.2 Å². The van der Waals surface area contributed by atoms with Gasteiger partial charge >= 0.3 is 0 Å². The molecule has 0 bridgehead atoms. The minimum Gasteiger partial charge on any atom is -0.339 e. The lowest BCUT2D eigenvalue weighted by Gasteiger charge is -2.38. The fourth-order valence-electron chi connectivity index (χ4n) is 3.42. The third-order valence-electron chi connectivity index (χ3n) is 5.71. The van der Waals surface area contributed by atoms with E-state index in [-0.39, 0.29) is 28.7 Å². The van der Waals surface area contributed by atoms with Crippen LogP contribution in [0, 0.1) is 5.92 Å². The maximum atomic E-state index is 12.7. The number of nitrogens with one attached hydrogen (secondary N) is 1. The van der Waals surface area contributed by atoms with Crippen LogP contribution in [0.25, 0.3) is 0 Å². The number of hydrogen-bond acceptors (Lipinski definition) is 4. The van der Waals surface area contributed by atoms with Crippen molar-refractivity contribution in [2.45, 2.75) is 50.5 Å². The van der Waals surface area contributed by atoms with Crippen molar-refractivity contribution in [1.29, 1.82) is 0 Å². The summed E-state index contributed by atoms with van der Waals surface area (Å²) in [5.41, 5.74) is 0.459. The van der Waals surface area contributed by atoms with Gasteiger partial charge in [0.05, 0.1) is 4.90 Å². The van der Waals surface area contributed by atoms with Gasteiger partial charge in [0.1, 0.15) is 0 Å². The first-order chi connectivity index (χ1) is 13.3. The van der Waals surface area contributed by atoms with Gasteiger partial charge in [-0.05, 0) is 50.5 Å². The van der Waals surface area contributed by atoms with Crippen molar-refractivity contribution >= 4 is 21.8 Å². The lowest BCUT2D eigenvalue weighted by molar-refractivity contribution is -0.139. The SMILES string of the molecule is CCC(C)NS(=O)(=O)c1ccc(C(=O)N2CCN(C(=O)C3CCC3)CC2)cc1. The quantitative estimate of drug-likeness (QED) is 0.780. The Morgan fingerprint density at radius 3 is 2.14 bits per heavy atom. The highest BCUT2D eigenvalue weighted by Gasteiger charge is 2.32. The molecule has 2 amide bonds. The highest BCUT2D eigenvalue weighted by Crippen LogP contribution is 2.28. The molecule has 1 aliphatic carbocycles. The standard InChI is InChI=1S/C20H29N3O4S/c1-3-15(2)21-28(26,27)18-9-7-17(8-10-18)20(25)23-13-11-22(12-14-23)19(24)16-5-4-6-16/h7-10,15-16,21H,3-6,11-14H2,1-2H3. The number of sulfonamides is 1. The Labute approximate surface area is 167 Å². The third kappa shape index (κ3) is 4.55. The molecule has 1 heterocycles. The molecule has 2 fully saturated rings. The average molecular weight is 408 g/mol. The maximum Gasteiger partial charge on any atom is 0.253 e. The second kappa shape index (κ2) is 8.61. The molecule has 1 atom stereocenters. The van der Waals surface area contributed by atoms with Crippen LogP contribution in [0.3, 0.4) is 0 Å². The van der Waals surface area contributed by atoms with Crippen LogP contribution < -0.4 is 4.72 Å². The summed E-state index contributed by atoms with van der Waals surface area (Å²) in [5.74, 6) is 0.275. The Bertz CT molecular complexity index is 810. The van der Waals surface area contributed by atoms with E-state index in [1.54, 1.807) is 17.0 Å². The number of hydrogen-bond donors (Lipinski definition) is 1. The van der Waals surface area contributed by atoms with E-state index in [2.05, 4.69) is 4.72 Å². The van der Waals surface area contributed by atoms with E-state index in [1.807, 2.05) is 18.7 Å². The fraction of sp³-hybridized carbons (Fsp3) is 0.600. The second-order valence-corrected chi connectivity index (χ2v) is 9.41. The predicted octanol–water partition coefficient (Wildman–Crippen LogP) is 1.85. The summed E-state index contributed by atoms with van der Waals surface area (Å²) in [7, 11) is -3.58. The van der Waals surface area contributed by atoms with E-state index < -0.39 is 10.0 Å². The summed E-state index contributed by atoms with van der Waals surface area (Å²) in [6.07, 6.45) is 3.80. The zero-order chi connectivity index (χ0) is 20.3. The summed E-state index contributed by atoms with van der Waals surface area (Å²) < 4.78 is 27.3. The van der Waals surface area contributed by atoms with Crippen LogP contribution in [-0.4, -0.2) is 62.3 Å². The Kier molecular flexibility index (Phi) is 6.40. The molecule has 0 spiro atoms. The summed E-state index contributed by atoms with van der Waals surface area (Å²) in [6, 6.07) is 5.90. The van der Waals surface area contributed by atoms with Gasteiger partial charge in [-0.15, -0.1) is 0 Å². The van der Waals surface area contributed by atoms with Crippen molar-refractivity contribution in [3.05, 3.63) is 29.8 Å². The van der Waals surface area contributed by atoms with Gasteiger partial charge in [-0.3, -0.25) is 9.59 Å². The molecule has 1 saturated carbocycles. The van der Waals surface area contributed by atoms with Crippen molar-refractivity contribution < 1.29 is 18.0 Å². The summed E-state index contributed by atoms with van der Waals surface area (Å²) >= 11 is 0. The van der Waals surface area contributed by atoms with Crippen LogP contribution in [0.1, 0.15) is 49.9 Å². The first-order valence-corrected chi connectivity index (χ1v) is 11.5. The number of rotatable bonds is 6. The second-order valence-electron chi connectivity index (χ2n) is 7.70. The summed E-state index contributed by atoms with van der Waals surface area (Å²) in [6.45, 7) is 5.86. The molecule has 28 heavy (non-hydrogen) atoms. The largest absolute Gasteiger partial charge is 0.339 e. The molecular formula is C20H29N3O4S. The number of amides is 2. The zero-order valence-corrected chi connectivity index (χ0v) is 17.4. The van der Waals surface area contributed by atoms with E-state index in [9.17, 15) is 18.0 Å². The van der Waals surface area contributed by atoms with Gasteiger partial charge in [0.25, 0.3) is 5.91 Å². The van der Waals surface area contributed by atoms with Gasteiger partial charge in [0.2, 0.25) is 15.9 Å². The Morgan fingerprint density at radius 1 is 1.07 bits per heavy atom. The topological polar surface area (TPSA) is 86.8 Å². The van der Waals surface area contributed by atoms with Crippen LogP contribution >= 0.6 is 0 Å². The lowest BCUT2D eigenvalue weighted by Crippen LogP contribution is -2.52. The predicted molar refractivity (Wildman–Crippen MR) is 106 cm³/mol. The van der Waals surface area contributed by atoms with Gasteiger partial charge < -0.3 is 9.80 Å². The highest BCUT2D eigenvalue weighted by molar-refractivity contribution is 7.89. The number of nitrogens with zero attached hydrogens (tertiary/aromatic N) is 2. The number of carbonyl (C=O) groups is 2. The van der Waals surface area contributed by atoms with Gasteiger partial charge in [-0.1, -0.05) is 13.3 Å². The zero-order valence-electron chi connectivity index (χ0n) is 16.6. The van der Waals surface area contributed by atoms with E-state index in [4.69, 9.17) is 0 Å². The molecule has 1 aromatic rings. The van der Waals surface area contributed by atoms with E-state index in [0.717, 1.165) is 19.3 Å². The van der Waals surface area contributed by atoms with Crippen molar-refractivity contribution in [1.82, 2.24) is 14.5 Å². The molecular weight excluding hydrogens is 378 g/mol. The molecule has 2 aliphatic rings. The molecule has 3 rings (SSSR count). The molecule has 1 aliphatic heterocycles. The van der Waals surface area contributed by atoms with E-state index in [0.29, 0.717) is 38.2 Å². The molecule has 1 unspecified atom stereocenters. The van der Waals surface area contributed by atoms with E-state index in [1.165, 1.54) is 12.1 Å². The van der Waals surface area contributed by atoms with Crippen molar-refractivity contribution in [3.8, 4) is 0 Å². The van der Waals surface area contributed by atoms with Gasteiger partial charge in [-0.25, -0.2) is 13.1 Å². The van der Waals surface area contributed by atoms with Crippen LogP contribution in [0.4, 0.5) is 0 Å². The number of benzene rings is 1. The average Bonchev–Trinajstić information content (AvgIpc) is 2.66. The summed E-state index contributed by atoms with van der Waals surface area (Å²) in [5, 5.41) is 0. The van der Waals surface area contributed by atoms with Crippen LogP contribution in [-0.2, 0) is 14.8 Å². The molecule has 7 nitrogen and oxygen atoms in total. The molecule has 8 heteroatoms. The Balaban J connectivity index is 1.58. The van der Waals surface area contributed by atoms with Crippen LogP contribution in [0.5, 0.6) is 0 Å². The van der Waals surface area contributed by atoms with Crippen molar-refractivity contribution in [2.24, 2.45) is 5.92 Å². The monoisotopic (exact) mass is 407 g/mol. The third-order valence-corrected chi connectivity index (χ3v) is 7.32. The Hall–Kier alpha value is -1.93. The molecule has 1 saturated heterocycles. The summed E-state index contributed by atoms with van der Waals surface area (Å²) in [4.78, 5) is 28.8. The smallest absolute Gasteiger partial charge is 0.253 e.